The van der Waals surface area contributed by atoms with Gasteiger partial charge in [-0.2, -0.15) is 5.26 Å². The van der Waals surface area contributed by atoms with Gasteiger partial charge in [0.05, 0.1) is 47.6 Å². The topological polar surface area (TPSA) is 138 Å². The number of amides is 2. The maximum atomic E-state index is 13.9. The fraction of sp³-hybridized carbons (Fsp3) is 0.429. The van der Waals surface area contributed by atoms with Crippen LogP contribution in [0.1, 0.15) is 72.7 Å². The van der Waals surface area contributed by atoms with E-state index >= 15 is 0 Å². The first kappa shape index (κ1) is 29.7. The van der Waals surface area contributed by atoms with Crippen molar-refractivity contribution >= 4 is 35.1 Å². The lowest BCUT2D eigenvalue weighted by molar-refractivity contribution is -0.150. The highest BCUT2D eigenvalue weighted by Gasteiger charge is 2.38. The minimum Gasteiger partial charge on any atom is -0.496 e. The van der Waals surface area contributed by atoms with Gasteiger partial charge in [0.1, 0.15) is 23.2 Å². The fourth-order valence-corrected chi connectivity index (χ4v) is 4.40. The maximum absolute atomic E-state index is 13.9. The van der Waals surface area contributed by atoms with E-state index in [1.807, 2.05) is 6.07 Å². The van der Waals surface area contributed by atoms with Crippen LogP contribution in [0.4, 0.5) is 10.1 Å². The zero-order valence-electron chi connectivity index (χ0n) is 22.2. The van der Waals surface area contributed by atoms with E-state index in [4.69, 9.17) is 21.1 Å². The SMILES string of the molecule is COc1cc(C#N)c(O[C@H]2CC[C@@](C)(C(=O)O)CC2)cc1C(=O)Nc1cc(Cl)ccc1C(=O)NCC(C)(C)F. The number of rotatable bonds is 9. The molecular weight excluding hydrogens is 529 g/mol. The molecule has 1 fully saturated rings. The molecule has 1 aliphatic carbocycles. The first-order valence-corrected chi connectivity index (χ1v) is 12.7. The number of benzene rings is 2. The third kappa shape index (κ3) is 7.39. The monoisotopic (exact) mass is 559 g/mol. The Morgan fingerprint density at radius 2 is 1.82 bits per heavy atom. The number of hydrogen-bond donors (Lipinski definition) is 3. The summed E-state index contributed by atoms with van der Waals surface area (Å²) in [5.74, 6) is -1.86. The molecule has 11 heteroatoms. The van der Waals surface area contributed by atoms with Gasteiger partial charge in [0.15, 0.2) is 0 Å². The smallest absolute Gasteiger partial charge is 0.309 e. The molecule has 0 atom stereocenters. The number of nitrogens with one attached hydrogen (secondary N) is 2. The van der Waals surface area contributed by atoms with Crippen molar-refractivity contribution in [1.29, 1.82) is 5.26 Å². The van der Waals surface area contributed by atoms with Crippen molar-refractivity contribution in [1.82, 2.24) is 5.32 Å². The molecule has 2 aromatic rings. The average molecular weight is 560 g/mol. The molecule has 0 unspecified atom stereocenters. The lowest BCUT2D eigenvalue weighted by Gasteiger charge is -2.34. The number of methoxy groups -OCH3 is 1. The van der Waals surface area contributed by atoms with Gasteiger partial charge in [-0.3, -0.25) is 14.4 Å². The largest absolute Gasteiger partial charge is 0.496 e. The highest BCUT2D eigenvalue weighted by Crippen LogP contribution is 2.39. The minimum atomic E-state index is -1.64. The predicted octanol–water partition coefficient (Wildman–Crippen LogP) is 5.36. The first-order valence-electron chi connectivity index (χ1n) is 12.4. The van der Waals surface area contributed by atoms with Crippen LogP contribution in [-0.2, 0) is 4.79 Å². The van der Waals surface area contributed by atoms with E-state index < -0.39 is 28.9 Å². The van der Waals surface area contributed by atoms with Crippen LogP contribution in [0.2, 0.25) is 5.02 Å². The second-order valence-corrected chi connectivity index (χ2v) is 10.8. The van der Waals surface area contributed by atoms with Crippen molar-refractivity contribution in [2.75, 3.05) is 19.0 Å². The number of ether oxygens (including phenoxy) is 2. The predicted molar refractivity (Wildman–Crippen MR) is 143 cm³/mol. The van der Waals surface area contributed by atoms with Gasteiger partial charge < -0.3 is 25.2 Å². The number of nitriles is 1. The summed E-state index contributed by atoms with van der Waals surface area (Å²) in [6.45, 7) is 4.11. The summed E-state index contributed by atoms with van der Waals surface area (Å²) in [5, 5.41) is 24.6. The molecule has 1 saturated carbocycles. The van der Waals surface area contributed by atoms with Crippen LogP contribution < -0.4 is 20.1 Å². The Hall–Kier alpha value is -3.84. The van der Waals surface area contributed by atoms with Gasteiger partial charge in [0.2, 0.25) is 0 Å². The second-order valence-electron chi connectivity index (χ2n) is 10.4. The lowest BCUT2D eigenvalue weighted by atomic mass is 9.75. The molecule has 1 aliphatic rings. The Labute approximate surface area is 231 Å². The molecule has 0 spiro atoms. The third-order valence-corrected chi connectivity index (χ3v) is 6.89. The maximum Gasteiger partial charge on any atom is 0.309 e. The van der Waals surface area contributed by atoms with Crippen LogP contribution in [-0.4, -0.2) is 48.3 Å². The number of carbonyl (C=O) groups excluding carboxylic acids is 2. The highest BCUT2D eigenvalue weighted by atomic mass is 35.5. The second kappa shape index (κ2) is 11.9. The zero-order chi connectivity index (χ0) is 29.0. The first-order chi connectivity index (χ1) is 18.3. The van der Waals surface area contributed by atoms with E-state index in [0.717, 1.165) is 0 Å². The van der Waals surface area contributed by atoms with Gasteiger partial charge in [-0.05, 0) is 70.7 Å². The van der Waals surface area contributed by atoms with Gasteiger partial charge in [0.25, 0.3) is 11.8 Å². The molecule has 3 rings (SSSR count). The standard InChI is InChI=1S/C28H31ClFN3O6/c1-27(2,30)15-32-24(34)19-6-5-17(29)12-21(19)33-25(35)20-13-22(16(14-31)11-23(20)38-4)39-18-7-9-28(3,10-8-18)26(36)37/h5-6,11-13,18H,7-10,15H2,1-4H3,(H,32,34)(H,33,35)(H,36,37)/t18-,28+. The number of aliphatic carboxylic acids is 1. The van der Waals surface area contributed by atoms with E-state index in [2.05, 4.69) is 10.6 Å². The number of nitrogens with zero attached hydrogens (tertiary/aromatic N) is 1. The van der Waals surface area contributed by atoms with Crippen LogP contribution >= 0.6 is 11.6 Å². The van der Waals surface area contributed by atoms with Crippen molar-refractivity contribution in [3.8, 4) is 17.6 Å². The molecule has 39 heavy (non-hydrogen) atoms. The van der Waals surface area contributed by atoms with Gasteiger partial charge in [-0.1, -0.05) is 11.6 Å². The summed E-state index contributed by atoms with van der Waals surface area (Å²) in [6, 6.07) is 9.08. The van der Waals surface area contributed by atoms with Crippen LogP contribution in [0, 0.1) is 16.7 Å². The lowest BCUT2D eigenvalue weighted by Crippen LogP contribution is -2.36. The Kier molecular flexibility index (Phi) is 9.07. The molecular formula is C28H31ClFN3O6. The molecule has 2 aromatic carbocycles. The van der Waals surface area contributed by atoms with Gasteiger partial charge in [-0.25, -0.2) is 4.39 Å². The van der Waals surface area contributed by atoms with E-state index in [0.29, 0.717) is 25.7 Å². The molecule has 0 radical (unpaired) electrons. The van der Waals surface area contributed by atoms with E-state index in [-0.39, 0.29) is 51.5 Å². The summed E-state index contributed by atoms with van der Waals surface area (Å²) in [6.07, 6.45) is 1.43. The molecule has 2 amide bonds. The number of hydrogen-bond acceptors (Lipinski definition) is 6. The van der Waals surface area contributed by atoms with Crippen molar-refractivity contribution in [3.05, 3.63) is 52.0 Å². The average Bonchev–Trinajstić information content (AvgIpc) is 2.88. The van der Waals surface area contributed by atoms with Crippen LogP contribution in [0.15, 0.2) is 30.3 Å². The van der Waals surface area contributed by atoms with Crippen molar-refractivity contribution in [2.45, 2.75) is 58.2 Å². The number of carboxylic acid groups (broad SMARTS) is 1. The normalized spacial score (nSPS) is 18.9. The van der Waals surface area contributed by atoms with E-state index in [1.54, 1.807) is 6.92 Å². The van der Waals surface area contributed by atoms with E-state index in [9.17, 15) is 29.1 Å². The van der Waals surface area contributed by atoms with Crippen LogP contribution in [0.5, 0.6) is 11.5 Å². The summed E-state index contributed by atoms with van der Waals surface area (Å²) < 4.78 is 25.3. The number of carbonyl (C=O) groups is 3. The Balaban J connectivity index is 1.87. The quantitative estimate of drug-likeness (QED) is 0.376. The van der Waals surface area contributed by atoms with Crippen molar-refractivity contribution in [2.24, 2.45) is 5.41 Å². The van der Waals surface area contributed by atoms with Gasteiger partial charge in [-0.15, -0.1) is 0 Å². The Morgan fingerprint density at radius 1 is 1.15 bits per heavy atom. The Bertz CT molecular complexity index is 1310. The zero-order valence-corrected chi connectivity index (χ0v) is 22.9. The molecule has 3 N–H and O–H groups in total. The number of alkyl halides is 1. The van der Waals surface area contributed by atoms with Gasteiger partial charge in [0, 0.05) is 11.1 Å². The summed E-state index contributed by atoms with van der Waals surface area (Å²) in [4.78, 5) is 37.7. The molecule has 208 valence electrons. The minimum absolute atomic E-state index is 0.0360. The molecule has 0 saturated heterocycles. The third-order valence-electron chi connectivity index (χ3n) is 6.66. The summed E-state index contributed by atoms with van der Waals surface area (Å²) >= 11 is 6.11. The van der Waals surface area contributed by atoms with Crippen LogP contribution in [0.3, 0.4) is 0 Å². The highest BCUT2D eigenvalue weighted by molar-refractivity contribution is 6.31. The molecule has 9 nitrogen and oxygen atoms in total. The molecule has 0 heterocycles. The molecule has 0 bridgehead atoms. The fourth-order valence-electron chi connectivity index (χ4n) is 4.22. The molecule has 0 aromatic heterocycles. The van der Waals surface area contributed by atoms with Gasteiger partial charge >= 0.3 is 5.97 Å². The number of halogens is 2. The van der Waals surface area contributed by atoms with Crippen molar-refractivity contribution < 1.29 is 33.4 Å². The summed E-state index contributed by atoms with van der Waals surface area (Å²) in [7, 11) is 1.35. The van der Waals surface area contributed by atoms with E-state index in [1.165, 1.54) is 51.3 Å². The summed E-state index contributed by atoms with van der Waals surface area (Å²) in [5.41, 5.74) is -2.12. The number of anilines is 1. The number of carboxylic acids is 1. The molecule has 0 aliphatic heterocycles. The van der Waals surface area contributed by atoms with Crippen molar-refractivity contribution in [3.63, 3.8) is 0 Å². The van der Waals surface area contributed by atoms with Crippen LogP contribution in [0.25, 0.3) is 0 Å². The Morgan fingerprint density at radius 3 is 2.38 bits per heavy atom.